The van der Waals surface area contributed by atoms with E-state index in [-0.39, 0.29) is 5.56 Å². The van der Waals surface area contributed by atoms with Crippen LogP contribution in [0.2, 0.25) is 0 Å². The lowest BCUT2D eigenvalue weighted by Gasteiger charge is -2.04. The number of carbonyl (C=O) groups is 1. The van der Waals surface area contributed by atoms with Crippen LogP contribution in [0, 0.1) is 10.1 Å². The van der Waals surface area contributed by atoms with Crippen molar-refractivity contribution < 1.29 is 14.8 Å². The van der Waals surface area contributed by atoms with Gasteiger partial charge in [0.1, 0.15) is 0 Å². The van der Waals surface area contributed by atoms with E-state index in [0.29, 0.717) is 4.90 Å². The monoisotopic (exact) mass is 212 g/mol. The summed E-state index contributed by atoms with van der Waals surface area (Å²) in [4.78, 5) is 20.9. The number of nitro benzene ring substituents is 1. The van der Waals surface area contributed by atoms with Crippen molar-refractivity contribution in [2.45, 2.75) is 4.90 Å². The van der Waals surface area contributed by atoms with Crippen LogP contribution in [-0.4, -0.2) is 17.1 Å². The van der Waals surface area contributed by atoms with Crippen LogP contribution >= 0.6 is 11.8 Å². The zero-order valence-electron chi connectivity index (χ0n) is 7.22. The van der Waals surface area contributed by atoms with Gasteiger partial charge in [0.05, 0.1) is 16.5 Å². The maximum Gasteiger partial charge on any atom is 0.278 e. The molecular formula is C8H6NO4S-. The number of carboxylic acids is 1. The lowest BCUT2D eigenvalue weighted by atomic mass is 10.2. The van der Waals surface area contributed by atoms with Gasteiger partial charge in [0.2, 0.25) is 0 Å². The molecule has 0 saturated carbocycles. The third kappa shape index (κ3) is 2.02. The minimum Gasteiger partial charge on any atom is -0.545 e. The van der Waals surface area contributed by atoms with E-state index in [0.717, 1.165) is 6.07 Å². The molecule has 0 radical (unpaired) electrons. The summed E-state index contributed by atoms with van der Waals surface area (Å²) < 4.78 is 0. The van der Waals surface area contributed by atoms with Crippen LogP contribution in [-0.2, 0) is 0 Å². The Labute approximate surface area is 83.9 Å². The van der Waals surface area contributed by atoms with Gasteiger partial charge >= 0.3 is 0 Å². The van der Waals surface area contributed by atoms with E-state index >= 15 is 0 Å². The van der Waals surface area contributed by atoms with E-state index in [1.807, 2.05) is 0 Å². The zero-order valence-corrected chi connectivity index (χ0v) is 8.04. The quantitative estimate of drug-likeness (QED) is 0.418. The Bertz CT molecular complexity index is 391. The first-order valence-electron chi connectivity index (χ1n) is 3.60. The van der Waals surface area contributed by atoms with Crippen molar-refractivity contribution >= 4 is 23.4 Å². The standard InChI is InChI=1S/C8H7NO4S/c1-14-5-2-3-7(9(12)13)6(4-5)8(10)11/h2-4H,1H3,(H,10,11)/p-1. The second kappa shape index (κ2) is 4.10. The number of nitro groups is 1. The molecule has 0 fully saturated rings. The van der Waals surface area contributed by atoms with Crippen molar-refractivity contribution in [1.82, 2.24) is 0 Å². The van der Waals surface area contributed by atoms with E-state index < -0.39 is 16.6 Å². The molecule has 0 aliphatic rings. The average Bonchev–Trinajstić information content (AvgIpc) is 2.16. The van der Waals surface area contributed by atoms with Crippen LogP contribution in [0.1, 0.15) is 10.4 Å². The Hall–Kier alpha value is -1.56. The largest absolute Gasteiger partial charge is 0.545 e. The van der Waals surface area contributed by atoms with Gasteiger partial charge < -0.3 is 9.90 Å². The maximum atomic E-state index is 10.6. The smallest absolute Gasteiger partial charge is 0.278 e. The van der Waals surface area contributed by atoms with E-state index in [4.69, 9.17) is 0 Å². The second-order valence-corrected chi connectivity index (χ2v) is 3.31. The van der Waals surface area contributed by atoms with E-state index in [9.17, 15) is 20.0 Å². The highest BCUT2D eigenvalue weighted by Gasteiger charge is 2.14. The molecule has 0 spiro atoms. The Kier molecular flexibility index (Phi) is 3.08. The minimum absolute atomic E-state index is 0.387. The molecule has 0 bridgehead atoms. The molecule has 0 aliphatic heterocycles. The molecule has 6 heteroatoms. The molecule has 5 nitrogen and oxygen atoms in total. The Balaban J connectivity index is 3.31. The molecule has 1 aromatic rings. The molecule has 14 heavy (non-hydrogen) atoms. The van der Waals surface area contributed by atoms with Crippen molar-refractivity contribution in [2.24, 2.45) is 0 Å². The molecule has 0 unspecified atom stereocenters. The van der Waals surface area contributed by atoms with Gasteiger partial charge in [-0.1, -0.05) is 0 Å². The van der Waals surface area contributed by atoms with Gasteiger partial charge in [-0.2, -0.15) is 0 Å². The van der Waals surface area contributed by atoms with Crippen LogP contribution in [0.15, 0.2) is 23.1 Å². The highest BCUT2D eigenvalue weighted by molar-refractivity contribution is 7.98. The fourth-order valence-corrected chi connectivity index (χ4v) is 1.40. The van der Waals surface area contributed by atoms with Crippen LogP contribution in [0.3, 0.4) is 0 Å². The normalized spacial score (nSPS) is 9.79. The molecule has 0 aliphatic carbocycles. The van der Waals surface area contributed by atoms with Crippen LogP contribution in [0.4, 0.5) is 5.69 Å². The topological polar surface area (TPSA) is 83.3 Å². The predicted molar refractivity (Wildman–Crippen MR) is 49.2 cm³/mol. The Morgan fingerprint density at radius 2 is 2.14 bits per heavy atom. The third-order valence-corrected chi connectivity index (χ3v) is 2.35. The summed E-state index contributed by atoms with van der Waals surface area (Å²) in [6, 6.07) is 3.89. The Morgan fingerprint density at radius 3 is 2.57 bits per heavy atom. The number of hydrogen-bond donors (Lipinski definition) is 0. The molecule has 0 amide bonds. The van der Waals surface area contributed by atoms with E-state index in [2.05, 4.69) is 0 Å². The minimum atomic E-state index is -1.53. The van der Waals surface area contributed by atoms with Crippen LogP contribution in [0.25, 0.3) is 0 Å². The molecule has 0 atom stereocenters. The fraction of sp³-hybridized carbons (Fsp3) is 0.125. The van der Waals surface area contributed by atoms with Crippen molar-refractivity contribution in [2.75, 3.05) is 6.26 Å². The van der Waals surface area contributed by atoms with E-state index in [1.54, 1.807) is 6.26 Å². The highest BCUT2D eigenvalue weighted by atomic mass is 32.2. The number of rotatable bonds is 3. The molecule has 0 aromatic heterocycles. The van der Waals surface area contributed by atoms with Gasteiger partial charge in [-0.15, -0.1) is 11.8 Å². The first-order chi connectivity index (χ1) is 6.56. The zero-order chi connectivity index (χ0) is 10.7. The molecule has 1 aromatic carbocycles. The summed E-state index contributed by atoms with van der Waals surface area (Å²) in [7, 11) is 0. The van der Waals surface area contributed by atoms with Gasteiger partial charge in [0, 0.05) is 11.0 Å². The van der Waals surface area contributed by atoms with Crippen LogP contribution in [0.5, 0.6) is 0 Å². The molecule has 74 valence electrons. The second-order valence-electron chi connectivity index (χ2n) is 2.43. The highest BCUT2D eigenvalue weighted by Crippen LogP contribution is 2.23. The summed E-state index contributed by atoms with van der Waals surface area (Å²) in [5.41, 5.74) is -0.829. The number of benzene rings is 1. The first-order valence-corrected chi connectivity index (χ1v) is 4.82. The van der Waals surface area contributed by atoms with Gasteiger partial charge in [-0.25, -0.2) is 0 Å². The molecule has 0 N–H and O–H groups in total. The molecule has 0 saturated heterocycles. The van der Waals surface area contributed by atoms with Crippen LogP contribution < -0.4 is 5.11 Å². The van der Waals surface area contributed by atoms with Crippen molar-refractivity contribution in [3.05, 3.63) is 33.9 Å². The Morgan fingerprint density at radius 1 is 1.50 bits per heavy atom. The molecule has 0 heterocycles. The van der Waals surface area contributed by atoms with Crippen molar-refractivity contribution in [3.63, 3.8) is 0 Å². The number of carboxylic acid groups (broad SMARTS) is 1. The van der Waals surface area contributed by atoms with E-state index in [1.165, 1.54) is 23.9 Å². The van der Waals surface area contributed by atoms with Crippen molar-refractivity contribution in [3.8, 4) is 0 Å². The number of thioether (sulfide) groups is 1. The third-order valence-electron chi connectivity index (χ3n) is 1.62. The summed E-state index contributed by atoms with van der Waals surface area (Å²) in [6.45, 7) is 0. The lowest BCUT2D eigenvalue weighted by molar-refractivity contribution is -0.385. The van der Waals surface area contributed by atoms with Crippen molar-refractivity contribution in [1.29, 1.82) is 0 Å². The number of hydrogen-bond acceptors (Lipinski definition) is 5. The number of carbonyl (C=O) groups excluding carboxylic acids is 1. The number of aromatic carboxylic acids is 1. The lowest BCUT2D eigenvalue weighted by Crippen LogP contribution is -2.23. The van der Waals surface area contributed by atoms with Gasteiger partial charge in [-0.05, 0) is 18.4 Å². The summed E-state index contributed by atoms with van der Waals surface area (Å²) >= 11 is 1.31. The predicted octanol–water partition coefficient (Wildman–Crippen LogP) is 0.680. The SMILES string of the molecule is CSc1ccc([N+](=O)[O-])c(C(=O)[O-])c1. The average molecular weight is 212 g/mol. The summed E-state index contributed by atoms with van der Waals surface area (Å²) in [5.74, 6) is -1.53. The first kappa shape index (κ1) is 10.5. The maximum absolute atomic E-state index is 10.6. The molecule has 1 rings (SSSR count). The molecular weight excluding hydrogens is 206 g/mol. The fourth-order valence-electron chi connectivity index (χ4n) is 0.965. The van der Waals surface area contributed by atoms with Gasteiger partial charge in [0.25, 0.3) is 5.69 Å². The summed E-state index contributed by atoms with van der Waals surface area (Å²) in [6.07, 6.45) is 1.75. The van der Waals surface area contributed by atoms with Gasteiger partial charge in [-0.3, -0.25) is 10.1 Å². The summed E-state index contributed by atoms with van der Waals surface area (Å²) in [5, 5.41) is 21.0. The van der Waals surface area contributed by atoms with Gasteiger partial charge in [0.15, 0.2) is 0 Å². The number of nitrogens with zero attached hydrogens (tertiary/aromatic N) is 1.